The van der Waals surface area contributed by atoms with E-state index in [-0.39, 0.29) is 17.9 Å². The first-order valence-electron chi connectivity index (χ1n) is 8.88. The van der Waals surface area contributed by atoms with Crippen LogP contribution in [0.4, 0.5) is 11.4 Å². The fraction of sp³-hybridized carbons (Fsp3) is 0.600. The zero-order chi connectivity index (χ0) is 19.4. The molecule has 0 fully saturated rings. The predicted molar refractivity (Wildman–Crippen MR) is 105 cm³/mol. The molecule has 1 rings (SSSR count). The van der Waals surface area contributed by atoms with Crippen molar-refractivity contribution in [3.05, 3.63) is 23.8 Å². The van der Waals surface area contributed by atoms with E-state index in [2.05, 4.69) is 5.32 Å². The van der Waals surface area contributed by atoms with Crippen molar-refractivity contribution in [1.82, 2.24) is 4.90 Å². The lowest BCUT2D eigenvalue weighted by Crippen LogP contribution is -2.43. The van der Waals surface area contributed by atoms with Gasteiger partial charge in [0.25, 0.3) is 0 Å². The van der Waals surface area contributed by atoms with Gasteiger partial charge in [-0.2, -0.15) is 0 Å². The summed E-state index contributed by atoms with van der Waals surface area (Å²) in [7, 11) is 3.96. The summed E-state index contributed by atoms with van der Waals surface area (Å²) in [4.78, 5) is 28.5. The Hall–Kier alpha value is -2.04. The van der Waals surface area contributed by atoms with Crippen molar-refractivity contribution in [3.8, 4) is 0 Å². The minimum Gasteiger partial charge on any atom is -0.377 e. The summed E-state index contributed by atoms with van der Waals surface area (Å²) in [5.41, 5.74) is 2.39. The molecule has 25 heavy (non-hydrogen) atoms. The summed E-state index contributed by atoms with van der Waals surface area (Å²) in [6, 6.07) is 5.95. The first-order chi connectivity index (χ1) is 11.5. The molecule has 0 aliphatic heterocycles. The zero-order valence-electron chi connectivity index (χ0n) is 16.9. The van der Waals surface area contributed by atoms with E-state index in [0.29, 0.717) is 13.0 Å². The first-order valence-corrected chi connectivity index (χ1v) is 8.88. The molecule has 5 heteroatoms. The fourth-order valence-electron chi connectivity index (χ4n) is 2.58. The highest BCUT2D eigenvalue weighted by molar-refractivity contribution is 5.91. The Morgan fingerprint density at radius 3 is 2.20 bits per heavy atom. The van der Waals surface area contributed by atoms with E-state index in [1.54, 1.807) is 0 Å². The lowest BCUT2D eigenvalue weighted by atomic mass is 9.93. The van der Waals surface area contributed by atoms with Gasteiger partial charge in [0.05, 0.1) is 0 Å². The molecular formula is C20H33N3O2. The standard InChI is InChI=1S/C20H33N3O2/c1-9-18(24)21-16-10-11-17(22(7)8)15(12-16)13-23(14(2)3)19(25)20(4,5)6/h10-12,14H,9,13H2,1-8H3,(H,21,24). The SMILES string of the molecule is CCC(=O)Nc1ccc(N(C)C)c(CN(C(=O)C(C)(C)C)C(C)C)c1. The average molecular weight is 348 g/mol. The van der Waals surface area contributed by atoms with Gasteiger partial charge in [-0.15, -0.1) is 0 Å². The van der Waals surface area contributed by atoms with Crippen molar-refractivity contribution >= 4 is 23.2 Å². The Bertz CT molecular complexity index is 616. The third kappa shape index (κ3) is 5.76. The van der Waals surface area contributed by atoms with Crippen molar-refractivity contribution in [2.45, 2.75) is 60.5 Å². The van der Waals surface area contributed by atoms with E-state index < -0.39 is 5.41 Å². The topological polar surface area (TPSA) is 52.7 Å². The maximum Gasteiger partial charge on any atom is 0.228 e. The number of nitrogens with one attached hydrogen (secondary N) is 1. The van der Waals surface area contributed by atoms with Crippen molar-refractivity contribution < 1.29 is 9.59 Å². The summed E-state index contributed by atoms with van der Waals surface area (Å²) in [6.07, 6.45) is 0.436. The second-order valence-corrected chi connectivity index (χ2v) is 7.92. The molecule has 0 aliphatic rings. The molecule has 1 N–H and O–H groups in total. The molecule has 0 saturated heterocycles. The molecular weight excluding hydrogens is 314 g/mol. The second-order valence-electron chi connectivity index (χ2n) is 7.92. The lowest BCUT2D eigenvalue weighted by molar-refractivity contribution is -0.142. The number of rotatable bonds is 6. The van der Waals surface area contributed by atoms with Crippen molar-refractivity contribution in [1.29, 1.82) is 0 Å². The highest BCUT2D eigenvalue weighted by Crippen LogP contribution is 2.27. The van der Waals surface area contributed by atoms with Crippen LogP contribution in [0, 0.1) is 5.41 Å². The number of carbonyl (C=O) groups is 2. The summed E-state index contributed by atoms with van der Waals surface area (Å²) in [5, 5.41) is 2.90. The number of carbonyl (C=O) groups excluding carboxylic acids is 2. The molecule has 0 aliphatic carbocycles. The van der Waals surface area contributed by atoms with Crippen LogP contribution in [0.2, 0.25) is 0 Å². The highest BCUT2D eigenvalue weighted by Gasteiger charge is 2.29. The molecule has 0 bridgehead atoms. The molecule has 0 atom stereocenters. The van der Waals surface area contributed by atoms with Crippen LogP contribution in [-0.2, 0) is 16.1 Å². The van der Waals surface area contributed by atoms with E-state index >= 15 is 0 Å². The number of anilines is 2. The van der Waals surface area contributed by atoms with Crippen molar-refractivity contribution in [2.24, 2.45) is 5.41 Å². The Morgan fingerprint density at radius 2 is 1.76 bits per heavy atom. The normalized spacial score (nSPS) is 11.4. The summed E-state index contributed by atoms with van der Waals surface area (Å²) >= 11 is 0. The molecule has 0 aromatic heterocycles. The zero-order valence-corrected chi connectivity index (χ0v) is 16.9. The fourth-order valence-corrected chi connectivity index (χ4v) is 2.58. The number of hydrogen-bond acceptors (Lipinski definition) is 3. The first kappa shape index (κ1) is 21.0. The Kier molecular flexibility index (Phi) is 7.03. The summed E-state index contributed by atoms with van der Waals surface area (Å²) in [5.74, 6) is 0.102. The highest BCUT2D eigenvalue weighted by atomic mass is 16.2. The van der Waals surface area contributed by atoms with Gasteiger partial charge in [0.1, 0.15) is 0 Å². The average Bonchev–Trinajstić information content (AvgIpc) is 2.50. The van der Waals surface area contributed by atoms with Gasteiger partial charge >= 0.3 is 0 Å². The minimum atomic E-state index is -0.434. The molecule has 0 heterocycles. The third-order valence-corrected chi connectivity index (χ3v) is 4.03. The van der Waals surface area contributed by atoms with E-state index in [1.807, 2.05) is 83.6 Å². The van der Waals surface area contributed by atoms with Crippen molar-refractivity contribution in [2.75, 3.05) is 24.3 Å². The van der Waals surface area contributed by atoms with E-state index in [0.717, 1.165) is 16.9 Å². The maximum absolute atomic E-state index is 12.8. The summed E-state index contributed by atoms with van der Waals surface area (Å²) < 4.78 is 0. The molecule has 0 saturated carbocycles. The van der Waals surface area contributed by atoms with Crippen LogP contribution in [-0.4, -0.2) is 36.9 Å². The molecule has 2 amide bonds. The number of nitrogens with zero attached hydrogens (tertiary/aromatic N) is 2. The maximum atomic E-state index is 12.8. The molecule has 1 aromatic rings. The van der Waals surface area contributed by atoms with E-state index in [4.69, 9.17) is 0 Å². The predicted octanol–water partition coefficient (Wildman–Crippen LogP) is 3.88. The second kappa shape index (κ2) is 8.37. The minimum absolute atomic E-state index is 0.0185. The monoisotopic (exact) mass is 347 g/mol. The lowest BCUT2D eigenvalue weighted by Gasteiger charge is -2.34. The number of amides is 2. The van der Waals surface area contributed by atoms with Gasteiger partial charge in [0, 0.05) is 49.9 Å². The van der Waals surface area contributed by atoms with Gasteiger partial charge in [0.15, 0.2) is 0 Å². The number of benzene rings is 1. The van der Waals surface area contributed by atoms with Crippen LogP contribution in [0.25, 0.3) is 0 Å². The van der Waals surface area contributed by atoms with Crippen LogP contribution in [0.15, 0.2) is 18.2 Å². The Labute approximate surface area is 152 Å². The molecule has 140 valence electrons. The smallest absolute Gasteiger partial charge is 0.228 e. The van der Waals surface area contributed by atoms with Crippen molar-refractivity contribution in [3.63, 3.8) is 0 Å². The van der Waals surface area contributed by atoms with Gasteiger partial charge in [-0.1, -0.05) is 27.7 Å². The quantitative estimate of drug-likeness (QED) is 0.849. The van der Waals surface area contributed by atoms with Gasteiger partial charge in [-0.25, -0.2) is 0 Å². The van der Waals surface area contributed by atoms with Crippen LogP contribution in [0.3, 0.4) is 0 Å². The van der Waals surface area contributed by atoms with Gasteiger partial charge in [0.2, 0.25) is 11.8 Å². The van der Waals surface area contributed by atoms with Crippen LogP contribution in [0.1, 0.15) is 53.5 Å². The van der Waals surface area contributed by atoms with Gasteiger partial charge in [-0.3, -0.25) is 9.59 Å². The molecule has 5 nitrogen and oxygen atoms in total. The Morgan fingerprint density at radius 1 is 1.16 bits per heavy atom. The molecule has 0 spiro atoms. The number of hydrogen-bond donors (Lipinski definition) is 1. The largest absolute Gasteiger partial charge is 0.377 e. The van der Waals surface area contributed by atoms with Crippen LogP contribution < -0.4 is 10.2 Å². The molecule has 0 unspecified atom stereocenters. The van der Waals surface area contributed by atoms with Gasteiger partial charge < -0.3 is 15.1 Å². The van der Waals surface area contributed by atoms with E-state index in [1.165, 1.54) is 0 Å². The van der Waals surface area contributed by atoms with E-state index in [9.17, 15) is 9.59 Å². The van der Waals surface area contributed by atoms with Crippen LogP contribution >= 0.6 is 0 Å². The molecule has 0 radical (unpaired) electrons. The van der Waals surface area contributed by atoms with Gasteiger partial charge in [-0.05, 0) is 37.6 Å². The third-order valence-electron chi connectivity index (χ3n) is 4.03. The van der Waals surface area contributed by atoms with Crippen LogP contribution in [0.5, 0.6) is 0 Å². The summed E-state index contributed by atoms with van der Waals surface area (Å²) in [6.45, 7) is 12.2. The Balaban J connectivity index is 3.24. The molecule has 1 aromatic carbocycles.